The Kier molecular flexibility index (Phi) is 6.68. The fourth-order valence-corrected chi connectivity index (χ4v) is 10.8. The minimum atomic E-state index is -3.67. The van der Waals surface area contributed by atoms with Crippen LogP contribution in [0.5, 0.6) is 11.5 Å². The lowest BCUT2D eigenvalue weighted by atomic mass is 9.33. The Labute approximate surface area is 252 Å². The molecule has 1 aromatic carbocycles. The van der Waals surface area contributed by atoms with E-state index in [0.717, 1.165) is 57.4 Å². The maximum atomic E-state index is 12.3. The Morgan fingerprint density at radius 2 is 1.98 bits per heavy atom. The van der Waals surface area contributed by atoms with Crippen LogP contribution in [-0.2, 0) is 33.1 Å². The molecule has 5 fully saturated rings. The van der Waals surface area contributed by atoms with Crippen molar-refractivity contribution in [3.63, 3.8) is 0 Å². The molecule has 230 valence electrons. The van der Waals surface area contributed by atoms with E-state index in [1.54, 1.807) is 11.3 Å². The number of hydrogen-bond donors (Lipinski definition) is 3. The summed E-state index contributed by atoms with van der Waals surface area (Å²) in [5.74, 6) is 1.82. The molecule has 4 saturated carbocycles. The summed E-state index contributed by atoms with van der Waals surface area (Å²) in [6.07, 6.45) is 9.96. The number of nitrogens with zero attached hydrogens (tertiary/aromatic N) is 1. The Hall–Kier alpha value is -1.69. The molecule has 7 aliphatic rings. The van der Waals surface area contributed by atoms with Gasteiger partial charge in [0.05, 0.1) is 11.9 Å². The third-order valence-corrected chi connectivity index (χ3v) is 12.8. The van der Waals surface area contributed by atoms with Crippen molar-refractivity contribution < 1.29 is 32.7 Å². The van der Waals surface area contributed by atoms with Crippen molar-refractivity contribution in [3.05, 3.63) is 45.6 Å². The predicted molar refractivity (Wildman–Crippen MR) is 161 cm³/mol. The molecule has 8 nitrogen and oxygen atoms in total. The van der Waals surface area contributed by atoms with E-state index < -0.39 is 21.3 Å². The second kappa shape index (κ2) is 9.65. The average molecular weight is 618 g/mol. The first kappa shape index (κ1) is 29.0. The van der Waals surface area contributed by atoms with Crippen LogP contribution in [0, 0.1) is 17.3 Å². The van der Waals surface area contributed by atoms with Crippen molar-refractivity contribution in [1.82, 2.24) is 4.90 Å². The highest BCUT2D eigenvalue weighted by Gasteiger charge is 2.81. The number of fused-ring (bicyclic) bond motifs is 2. The quantitative estimate of drug-likeness (QED) is 0.387. The number of thiophene rings is 1. The van der Waals surface area contributed by atoms with Crippen LogP contribution in [0.15, 0.2) is 29.6 Å². The highest BCUT2D eigenvalue weighted by Crippen LogP contribution is 2.77. The molecule has 42 heavy (non-hydrogen) atoms. The summed E-state index contributed by atoms with van der Waals surface area (Å²) in [4.78, 5) is 4.16. The zero-order valence-corrected chi connectivity index (χ0v) is 26.3. The molecule has 3 N–H and O–H groups in total. The van der Waals surface area contributed by atoms with Gasteiger partial charge in [-0.15, -0.1) is 11.3 Å². The highest BCUT2D eigenvalue weighted by atomic mass is 32.2. The van der Waals surface area contributed by atoms with E-state index in [-0.39, 0.29) is 28.6 Å². The van der Waals surface area contributed by atoms with Crippen LogP contribution in [0.4, 0.5) is 0 Å². The molecule has 0 amide bonds. The van der Waals surface area contributed by atoms with E-state index in [1.807, 2.05) is 13.2 Å². The molecule has 2 aliphatic heterocycles. The smallest absolute Gasteiger partial charge is 0.261 e. The van der Waals surface area contributed by atoms with Crippen LogP contribution >= 0.6 is 11.3 Å². The van der Waals surface area contributed by atoms with Gasteiger partial charge in [0.25, 0.3) is 10.1 Å². The van der Waals surface area contributed by atoms with Crippen molar-refractivity contribution in [1.29, 1.82) is 0 Å². The zero-order valence-electron chi connectivity index (χ0n) is 24.7. The van der Waals surface area contributed by atoms with Gasteiger partial charge < -0.3 is 19.7 Å². The fourth-order valence-electron chi connectivity index (χ4n) is 10.1. The summed E-state index contributed by atoms with van der Waals surface area (Å²) in [5, 5.41) is 25.4. The molecule has 5 aliphatic carbocycles. The number of aromatic hydroxyl groups is 1. The zero-order chi connectivity index (χ0) is 29.7. The van der Waals surface area contributed by atoms with Crippen LogP contribution in [-0.4, -0.2) is 77.9 Å². The standard InChI is InChI=1S/C31H39NO4S.CH4O3S/c1-28(34,10-9-21-4-3-15-37-21)23-17-29-11-12-31(23,35-2)27-30(29)13-14-32(18-19-5-6-19)24(29)16-20-7-8-22(33)26(36-27)25(20)30;1-5(2,3)4/h3-4,7-8,15,19,23-24,27,33-34H,5-6,9-14,16-18H2,1-2H3;1H3,(H,2,3,4)/t23?,24-,27-,28-,29-,30+,31+;/m1./s1. The number of methoxy groups -OCH3 is 1. The lowest BCUT2D eigenvalue weighted by Gasteiger charge is -2.75. The molecule has 1 saturated heterocycles. The highest BCUT2D eigenvalue weighted by molar-refractivity contribution is 7.85. The average Bonchev–Trinajstić information content (AvgIpc) is 3.44. The number of aliphatic hydroxyl groups is 1. The summed E-state index contributed by atoms with van der Waals surface area (Å²) >= 11 is 1.77. The molecule has 2 aromatic rings. The predicted octanol–water partition coefficient (Wildman–Crippen LogP) is 4.57. The maximum absolute atomic E-state index is 12.3. The second-order valence-electron chi connectivity index (χ2n) is 14.1. The van der Waals surface area contributed by atoms with Crippen molar-refractivity contribution >= 4 is 21.5 Å². The minimum Gasteiger partial charge on any atom is -0.504 e. The first-order valence-corrected chi connectivity index (χ1v) is 18.1. The summed E-state index contributed by atoms with van der Waals surface area (Å²) < 4.78 is 39.4. The van der Waals surface area contributed by atoms with Gasteiger partial charge in [-0.25, -0.2) is 0 Å². The number of hydrogen-bond acceptors (Lipinski definition) is 8. The van der Waals surface area contributed by atoms with Crippen LogP contribution in [0.1, 0.15) is 67.9 Å². The first-order chi connectivity index (χ1) is 19.8. The number of phenolic OH excluding ortho intramolecular Hbond substituents is 1. The third kappa shape index (κ3) is 4.15. The van der Waals surface area contributed by atoms with Gasteiger partial charge in [-0.3, -0.25) is 9.45 Å². The van der Waals surface area contributed by atoms with Crippen LogP contribution in [0.2, 0.25) is 0 Å². The van der Waals surface area contributed by atoms with Crippen molar-refractivity contribution in [2.24, 2.45) is 17.3 Å². The number of phenols is 1. The maximum Gasteiger partial charge on any atom is 0.261 e. The summed E-state index contributed by atoms with van der Waals surface area (Å²) in [7, 11) is -1.83. The molecule has 7 atom stereocenters. The van der Waals surface area contributed by atoms with Gasteiger partial charge in [0.1, 0.15) is 11.7 Å². The Morgan fingerprint density at radius 1 is 1.21 bits per heavy atom. The Bertz CT molecular complexity index is 1460. The minimum absolute atomic E-state index is 0.0155. The van der Waals surface area contributed by atoms with E-state index in [1.165, 1.54) is 35.4 Å². The van der Waals surface area contributed by atoms with Gasteiger partial charge in [-0.1, -0.05) is 12.1 Å². The van der Waals surface area contributed by atoms with Crippen molar-refractivity contribution in [2.75, 3.05) is 26.5 Å². The van der Waals surface area contributed by atoms with Gasteiger partial charge >= 0.3 is 0 Å². The summed E-state index contributed by atoms with van der Waals surface area (Å²) in [5.41, 5.74) is 1.11. The Balaban J connectivity index is 0.000000534. The van der Waals surface area contributed by atoms with Gasteiger partial charge in [-0.2, -0.15) is 8.42 Å². The Morgan fingerprint density at radius 3 is 2.64 bits per heavy atom. The molecule has 2 spiro atoms. The molecule has 4 bridgehead atoms. The first-order valence-electron chi connectivity index (χ1n) is 15.3. The van der Waals surface area contributed by atoms with Gasteiger partial charge in [0.15, 0.2) is 11.5 Å². The second-order valence-corrected chi connectivity index (χ2v) is 16.6. The number of aryl methyl sites for hydroxylation is 1. The monoisotopic (exact) mass is 617 g/mol. The molecule has 0 radical (unpaired) electrons. The van der Waals surface area contributed by atoms with Crippen LogP contribution in [0.25, 0.3) is 0 Å². The molecule has 1 aromatic heterocycles. The molecule has 9 rings (SSSR count). The normalized spacial score (nSPS) is 37.3. The van der Waals surface area contributed by atoms with Crippen molar-refractivity contribution in [2.45, 2.75) is 93.5 Å². The molecular formula is C32H43NO7S2. The lowest BCUT2D eigenvalue weighted by Crippen LogP contribution is -2.82. The topological polar surface area (TPSA) is 117 Å². The number of piperidine rings is 1. The number of benzene rings is 1. The SMILES string of the molecule is CO[C@@]12CC[C@@]3(CC1[C@](C)(O)CCc1cccs1)[C@H]1Cc4ccc(O)c5c4[C@@]3(CCN1CC1CC1)[C@H]2O5.CS(=O)(=O)O. The summed E-state index contributed by atoms with van der Waals surface area (Å²) in [6.45, 7) is 4.36. The van der Waals surface area contributed by atoms with Gasteiger partial charge in [-0.05, 0) is 100 Å². The van der Waals surface area contributed by atoms with Gasteiger partial charge in [0.2, 0.25) is 0 Å². The van der Waals surface area contributed by atoms with E-state index in [0.29, 0.717) is 18.0 Å². The molecular weight excluding hydrogens is 574 g/mol. The number of likely N-dealkylation sites (tertiary alicyclic amines) is 1. The lowest BCUT2D eigenvalue weighted by molar-refractivity contribution is -0.302. The number of rotatable bonds is 7. The summed E-state index contributed by atoms with van der Waals surface area (Å²) in [6, 6.07) is 8.75. The van der Waals surface area contributed by atoms with Crippen LogP contribution in [0.3, 0.4) is 0 Å². The number of ether oxygens (including phenoxy) is 2. The largest absolute Gasteiger partial charge is 0.504 e. The van der Waals surface area contributed by atoms with Crippen molar-refractivity contribution in [3.8, 4) is 11.5 Å². The fraction of sp³-hybridized carbons (Fsp3) is 0.688. The molecule has 1 unspecified atom stereocenters. The van der Waals surface area contributed by atoms with E-state index >= 15 is 0 Å². The van der Waals surface area contributed by atoms with E-state index in [4.69, 9.17) is 14.0 Å². The molecule has 10 heteroatoms. The molecule has 3 heterocycles. The van der Waals surface area contributed by atoms with Crippen LogP contribution < -0.4 is 4.74 Å². The third-order valence-electron chi connectivity index (χ3n) is 11.9. The van der Waals surface area contributed by atoms with Gasteiger partial charge in [0, 0.05) is 46.9 Å². The van der Waals surface area contributed by atoms with E-state index in [9.17, 15) is 18.6 Å². The van der Waals surface area contributed by atoms with E-state index in [2.05, 4.69) is 35.4 Å².